The minimum atomic E-state index is 0.367. The third kappa shape index (κ3) is 2.39. The van der Waals surface area contributed by atoms with Gasteiger partial charge in [0.1, 0.15) is 5.75 Å². The number of nitrogens with one attached hydrogen (secondary N) is 1. The highest BCUT2D eigenvalue weighted by Gasteiger charge is 2.67. The maximum Gasteiger partial charge on any atom is 0.133 e. The molecule has 0 aromatic heterocycles. The quantitative estimate of drug-likeness (QED) is 0.832. The van der Waals surface area contributed by atoms with E-state index >= 15 is 0 Å². The first-order valence-electron chi connectivity index (χ1n) is 7.34. The summed E-state index contributed by atoms with van der Waals surface area (Å²) in [6, 6.07) is 6.82. The molecule has 0 amide bonds. The van der Waals surface area contributed by atoms with Gasteiger partial charge in [0.05, 0.1) is 11.6 Å². The molecule has 2 nitrogen and oxygen atoms in total. The van der Waals surface area contributed by atoms with E-state index in [-0.39, 0.29) is 0 Å². The predicted octanol–water partition coefficient (Wildman–Crippen LogP) is 4.79. The molecule has 112 valence electrons. The number of hydrogen-bond acceptors (Lipinski definition) is 2. The zero-order valence-electron chi connectivity index (χ0n) is 13.4. The van der Waals surface area contributed by atoms with Gasteiger partial charge in [-0.1, -0.05) is 40.7 Å². The monoisotopic (exact) mass is 339 g/mol. The lowest BCUT2D eigenvalue weighted by Gasteiger charge is -2.21. The van der Waals surface area contributed by atoms with Crippen molar-refractivity contribution in [1.29, 1.82) is 0 Å². The van der Waals surface area contributed by atoms with Crippen molar-refractivity contribution in [2.45, 2.75) is 40.7 Å². The van der Waals surface area contributed by atoms with Crippen molar-refractivity contribution < 1.29 is 4.74 Å². The van der Waals surface area contributed by atoms with Crippen molar-refractivity contribution in [3.63, 3.8) is 0 Å². The first kappa shape index (κ1) is 15.8. The molecule has 0 spiro atoms. The first-order chi connectivity index (χ1) is 9.27. The Labute approximate surface area is 131 Å². The normalized spacial score (nSPS) is 21.6. The number of rotatable bonds is 5. The van der Waals surface area contributed by atoms with Gasteiger partial charge in [-0.3, -0.25) is 0 Å². The Morgan fingerprint density at radius 1 is 1.25 bits per heavy atom. The number of ether oxygens (including phenoxy) is 1. The van der Waals surface area contributed by atoms with Gasteiger partial charge in [-0.15, -0.1) is 0 Å². The molecule has 0 bridgehead atoms. The first-order valence-corrected chi connectivity index (χ1v) is 8.13. The summed E-state index contributed by atoms with van der Waals surface area (Å²) in [6.07, 6.45) is 0. The van der Waals surface area contributed by atoms with Gasteiger partial charge >= 0.3 is 0 Å². The van der Waals surface area contributed by atoms with Crippen LogP contribution in [-0.2, 0) is 0 Å². The van der Waals surface area contributed by atoms with Crippen LogP contribution in [0.15, 0.2) is 22.7 Å². The molecule has 0 saturated heterocycles. The highest BCUT2D eigenvalue weighted by Crippen LogP contribution is 2.72. The second-order valence-electron chi connectivity index (χ2n) is 6.85. The Hall–Kier alpha value is -0.540. The van der Waals surface area contributed by atoms with Gasteiger partial charge in [0.15, 0.2) is 0 Å². The van der Waals surface area contributed by atoms with Gasteiger partial charge in [-0.25, -0.2) is 0 Å². The molecule has 1 atom stereocenters. The predicted molar refractivity (Wildman–Crippen MR) is 88.2 cm³/mol. The summed E-state index contributed by atoms with van der Waals surface area (Å²) < 4.78 is 6.36. The molecule has 1 aliphatic rings. The number of methoxy groups -OCH3 is 1. The van der Waals surface area contributed by atoms with E-state index in [2.05, 4.69) is 68.0 Å². The zero-order chi connectivity index (χ0) is 15.1. The fourth-order valence-corrected chi connectivity index (χ4v) is 4.16. The van der Waals surface area contributed by atoms with Crippen LogP contribution in [-0.4, -0.2) is 13.7 Å². The van der Waals surface area contributed by atoms with Crippen molar-refractivity contribution in [2.75, 3.05) is 13.7 Å². The van der Waals surface area contributed by atoms with Crippen LogP contribution >= 0.6 is 15.9 Å². The van der Waals surface area contributed by atoms with Crippen molar-refractivity contribution in [3.8, 4) is 5.75 Å². The van der Waals surface area contributed by atoms with Crippen LogP contribution in [0, 0.1) is 16.7 Å². The van der Waals surface area contributed by atoms with Crippen LogP contribution in [0.1, 0.15) is 46.2 Å². The lowest BCUT2D eigenvalue weighted by Crippen LogP contribution is -2.25. The lowest BCUT2D eigenvalue weighted by molar-refractivity contribution is 0.406. The molecule has 1 saturated carbocycles. The topological polar surface area (TPSA) is 21.3 Å². The van der Waals surface area contributed by atoms with E-state index in [1.54, 1.807) is 7.11 Å². The van der Waals surface area contributed by atoms with E-state index in [1.807, 2.05) is 6.07 Å². The summed E-state index contributed by atoms with van der Waals surface area (Å²) in [6.45, 7) is 12.7. The van der Waals surface area contributed by atoms with Gasteiger partial charge in [-0.2, -0.15) is 0 Å². The van der Waals surface area contributed by atoms with E-state index in [0.717, 1.165) is 16.8 Å². The van der Waals surface area contributed by atoms with Crippen LogP contribution in [0.3, 0.4) is 0 Å². The smallest absolute Gasteiger partial charge is 0.133 e. The van der Waals surface area contributed by atoms with Crippen molar-refractivity contribution in [3.05, 3.63) is 28.2 Å². The van der Waals surface area contributed by atoms with Gasteiger partial charge < -0.3 is 10.1 Å². The van der Waals surface area contributed by atoms with E-state index in [0.29, 0.717) is 22.8 Å². The average Bonchev–Trinajstić information content (AvgIpc) is 2.77. The molecule has 20 heavy (non-hydrogen) atoms. The highest BCUT2D eigenvalue weighted by molar-refractivity contribution is 9.10. The third-order valence-corrected chi connectivity index (χ3v) is 6.04. The van der Waals surface area contributed by atoms with Crippen LogP contribution < -0.4 is 10.1 Å². The molecule has 0 aliphatic heterocycles. The van der Waals surface area contributed by atoms with Gasteiger partial charge in [0.25, 0.3) is 0 Å². The molecule has 1 unspecified atom stereocenters. The highest BCUT2D eigenvalue weighted by atomic mass is 79.9. The molecule has 0 radical (unpaired) electrons. The number of benzene rings is 1. The summed E-state index contributed by atoms with van der Waals surface area (Å²) in [4.78, 5) is 0. The molecular weight excluding hydrogens is 314 g/mol. The molecule has 1 N–H and O–H groups in total. The van der Waals surface area contributed by atoms with Crippen LogP contribution in [0.5, 0.6) is 5.75 Å². The number of halogens is 1. The summed E-state index contributed by atoms with van der Waals surface area (Å²) in [5.74, 6) is 1.54. The minimum Gasteiger partial charge on any atom is -0.496 e. The lowest BCUT2D eigenvalue weighted by atomic mass is 9.96. The largest absolute Gasteiger partial charge is 0.496 e. The van der Waals surface area contributed by atoms with Crippen molar-refractivity contribution in [2.24, 2.45) is 16.7 Å². The van der Waals surface area contributed by atoms with Crippen LogP contribution in [0.2, 0.25) is 0 Å². The van der Waals surface area contributed by atoms with E-state index in [9.17, 15) is 0 Å². The SMILES string of the molecule is CCNC(c1ccc(OC)c(Br)c1)C1C(C)(C)C1(C)C. The fourth-order valence-electron chi connectivity index (χ4n) is 3.60. The summed E-state index contributed by atoms with van der Waals surface area (Å²) in [7, 11) is 1.70. The molecule has 1 fully saturated rings. The molecule has 2 rings (SSSR count). The summed E-state index contributed by atoms with van der Waals surface area (Å²) in [5.41, 5.74) is 2.07. The molecule has 3 heteroatoms. The Balaban J connectivity index is 2.33. The fraction of sp³-hybridized carbons (Fsp3) is 0.647. The molecule has 1 aliphatic carbocycles. The molecular formula is C17H26BrNO. The Morgan fingerprint density at radius 2 is 1.85 bits per heavy atom. The van der Waals surface area contributed by atoms with Gasteiger partial charge in [0.2, 0.25) is 0 Å². The van der Waals surface area contributed by atoms with Crippen LogP contribution in [0.25, 0.3) is 0 Å². The number of hydrogen-bond donors (Lipinski definition) is 1. The Bertz CT molecular complexity index is 482. The average molecular weight is 340 g/mol. The second-order valence-corrected chi connectivity index (χ2v) is 7.70. The minimum absolute atomic E-state index is 0.367. The Kier molecular flexibility index (Phi) is 4.23. The summed E-state index contributed by atoms with van der Waals surface area (Å²) >= 11 is 3.60. The molecule has 0 heterocycles. The van der Waals surface area contributed by atoms with Crippen molar-refractivity contribution in [1.82, 2.24) is 5.32 Å². The van der Waals surface area contributed by atoms with E-state index in [1.165, 1.54) is 5.56 Å². The van der Waals surface area contributed by atoms with Gasteiger partial charge in [0, 0.05) is 6.04 Å². The Morgan fingerprint density at radius 3 is 2.25 bits per heavy atom. The maximum atomic E-state index is 5.33. The molecule has 1 aromatic rings. The van der Waals surface area contributed by atoms with Crippen molar-refractivity contribution >= 4 is 15.9 Å². The third-order valence-electron chi connectivity index (χ3n) is 5.42. The standard InChI is InChI=1S/C17H26BrNO/c1-7-19-14(15-16(2,3)17(15,4)5)11-8-9-13(20-6)12(18)10-11/h8-10,14-15,19H,7H2,1-6H3. The zero-order valence-corrected chi connectivity index (χ0v) is 15.0. The maximum absolute atomic E-state index is 5.33. The van der Waals surface area contributed by atoms with Gasteiger partial charge in [-0.05, 0) is 56.9 Å². The molecule has 1 aromatic carbocycles. The van der Waals surface area contributed by atoms with Crippen LogP contribution in [0.4, 0.5) is 0 Å². The summed E-state index contributed by atoms with van der Waals surface area (Å²) in [5, 5.41) is 3.68. The second kappa shape index (κ2) is 5.34. The van der Waals surface area contributed by atoms with E-state index in [4.69, 9.17) is 4.74 Å². The van der Waals surface area contributed by atoms with E-state index < -0.39 is 0 Å².